The Morgan fingerprint density at radius 2 is 1.67 bits per heavy atom. The van der Waals surface area contributed by atoms with Crippen LogP contribution in [0.25, 0.3) is 0 Å². The van der Waals surface area contributed by atoms with Gasteiger partial charge in [-0.15, -0.1) is 0 Å². The molecule has 9 heteroatoms. The molecule has 1 aliphatic heterocycles. The number of ether oxygens (including phenoxy) is 2. The molecule has 0 amide bonds. The molecular formula is C21H24O9. The minimum atomic E-state index is -1.59. The lowest BCUT2D eigenvalue weighted by Gasteiger charge is -2.39. The molecule has 0 bridgehead atoms. The second kappa shape index (κ2) is 9.41. The summed E-state index contributed by atoms with van der Waals surface area (Å²) >= 11 is 0. The third-order valence-corrected chi connectivity index (χ3v) is 4.95. The van der Waals surface area contributed by atoms with E-state index in [0.717, 1.165) is 5.56 Å². The number of phenols is 2. The zero-order valence-corrected chi connectivity index (χ0v) is 16.0. The molecule has 1 fully saturated rings. The van der Waals surface area contributed by atoms with Gasteiger partial charge in [0, 0.05) is 12.5 Å². The van der Waals surface area contributed by atoms with Crippen LogP contribution in [-0.2, 0) is 11.2 Å². The van der Waals surface area contributed by atoms with Gasteiger partial charge in [0.25, 0.3) is 0 Å². The number of phenolic OH excluding ortho intramolecular Hbond substituents is 2. The van der Waals surface area contributed by atoms with Crippen molar-refractivity contribution in [2.24, 2.45) is 0 Å². The molecule has 0 unspecified atom stereocenters. The smallest absolute Gasteiger partial charge is 0.229 e. The summed E-state index contributed by atoms with van der Waals surface area (Å²) in [4.78, 5) is 12.4. The van der Waals surface area contributed by atoms with E-state index in [9.17, 15) is 35.4 Å². The van der Waals surface area contributed by atoms with E-state index in [2.05, 4.69) is 0 Å². The molecule has 0 saturated carbocycles. The van der Waals surface area contributed by atoms with Gasteiger partial charge in [0.1, 0.15) is 41.7 Å². The van der Waals surface area contributed by atoms with Crippen LogP contribution in [0.3, 0.4) is 0 Å². The predicted octanol–water partition coefficient (Wildman–Crippen LogP) is 0.0920. The van der Waals surface area contributed by atoms with Gasteiger partial charge < -0.3 is 40.1 Å². The monoisotopic (exact) mass is 420 g/mol. The number of rotatable bonds is 7. The molecule has 1 aliphatic rings. The normalized spacial score (nSPS) is 26.3. The maximum absolute atomic E-state index is 12.4. The van der Waals surface area contributed by atoms with E-state index in [0.29, 0.717) is 6.42 Å². The first-order valence-electron chi connectivity index (χ1n) is 9.41. The Kier molecular flexibility index (Phi) is 6.91. The van der Waals surface area contributed by atoms with E-state index < -0.39 is 37.3 Å². The van der Waals surface area contributed by atoms with Crippen LogP contribution in [-0.4, -0.2) is 73.7 Å². The van der Waals surface area contributed by atoms with E-state index in [1.165, 1.54) is 30.3 Å². The number of hydrogen-bond acceptors (Lipinski definition) is 9. The van der Waals surface area contributed by atoms with Gasteiger partial charge in [-0.05, 0) is 36.2 Å². The second-order valence-corrected chi connectivity index (χ2v) is 7.08. The number of carbonyl (C=O) groups excluding carboxylic acids is 1. The minimum absolute atomic E-state index is 0.0620. The molecule has 30 heavy (non-hydrogen) atoms. The van der Waals surface area contributed by atoms with Gasteiger partial charge in [-0.3, -0.25) is 4.79 Å². The Balaban J connectivity index is 1.64. The number of aryl methyl sites for hydroxylation is 1. The molecule has 1 heterocycles. The van der Waals surface area contributed by atoms with Crippen molar-refractivity contribution in [1.82, 2.24) is 0 Å². The number of aromatic hydroxyl groups is 2. The van der Waals surface area contributed by atoms with Crippen LogP contribution < -0.4 is 4.74 Å². The van der Waals surface area contributed by atoms with Crippen LogP contribution in [0.4, 0.5) is 0 Å². The summed E-state index contributed by atoms with van der Waals surface area (Å²) in [6, 6.07) is 10.4. The maximum atomic E-state index is 12.4. The molecular weight excluding hydrogens is 396 g/mol. The van der Waals surface area contributed by atoms with Gasteiger partial charge >= 0.3 is 0 Å². The topological polar surface area (TPSA) is 157 Å². The van der Waals surface area contributed by atoms with Crippen LogP contribution >= 0.6 is 0 Å². The van der Waals surface area contributed by atoms with Gasteiger partial charge in [0.2, 0.25) is 6.29 Å². The molecule has 9 nitrogen and oxygen atoms in total. The highest BCUT2D eigenvalue weighted by Crippen LogP contribution is 2.29. The molecule has 2 aromatic rings. The van der Waals surface area contributed by atoms with Crippen LogP contribution in [0.2, 0.25) is 0 Å². The Morgan fingerprint density at radius 3 is 2.30 bits per heavy atom. The third-order valence-electron chi connectivity index (χ3n) is 4.95. The van der Waals surface area contributed by atoms with E-state index in [1.807, 2.05) is 0 Å². The molecule has 0 spiro atoms. The molecule has 5 atom stereocenters. The van der Waals surface area contributed by atoms with Gasteiger partial charge in [0.15, 0.2) is 5.78 Å². The summed E-state index contributed by atoms with van der Waals surface area (Å²) in [7, 11) is 0. The van der Waals surface area contributed by atoms with E-state index in [-0.39, 0.29) is 35.0 Å². The quantitative estimate of drug-likeness (QED) is 0.342. The van der Waals surface area contributed by atoms with Crippen LogP contribution in [0, 0.1) is 0 Å². The lowest BCUT2D eigenvalue weighted by atomic mass is 9.99. The summed E-state index contributed by atoms with van der Waals surface area (Å²) in [5, 5.41) is 58.3. The fraction of sp³-hybridized carbons (Fsp3) is 0.381. The first-order chi connectivity index (χ1) is 14.3. The minimum Gasteiger partial charge on any atom is -0.508 e. The fourth-order valence-corrected chi connectivity index (χ4v) is 3.17. The molecule has 162 valence electrons. The summed E-state index contributed by atoms with van der Waals surface area (Å²) in [5.41, 5.74) is 0.957. The molecule has 0 aliphatic carbocycles. The highest BCUT2D eigenvalue weighted by Gasteiger charge is 2.44. The number of benzene rings is 2. The molecule has 0 radical (unpaired) electrons. The number of aliphatic hydroxyl groups excluding tert-OH is 4. The second-order valence-electron chi connectivity index (χ2n) is 7.08. The van der Waals surface area contributed by atoms with Crippen molar-refractivity contribution in [2.45, 2.75) is 43.5 Å². The number of aliphatic hydroxyl groups is 4. The zero-order valence-electron chi connectivity index (χ0n) is 16.0. The Morgan fingerprint density at radius 1 is 0.967 bits per heavy atom. The molecule has 2 aromatic carbocycles. The average Bonchev–Trinajstić information content (AvgIpc) is 2.73. The zero-order chi connectivity index (χ0) is 21.8. The van der Waals surface area contributed by atoms with E-state index in [1.54, 1.807) is 12.1 Å². The number of hydrogen-bond donors (Lipinski definition) is 6. The van der Waals surface area contributed by atoms with Crippen molar-refractivity contribution in [3.8, 4) is 17.2 Å². The molecule has 3 rings (SSSR count). The number of ketones is 1. The highest BCUT2D eigenvalue weighted by molar-refractivity contribution is 5.98. The molecule has 1 saturated heterocycles. The fourth-order valence-electron chi connectivity index (χ4n) is 3.17. The van der Waals surface area contributed by atoms with Crippen molar-refractivity contribution >= 4 is 5.78 Å². The van der Waals surface area contributed by atoms with Crippen LogP contribution in [0.15, 0.2) is 42.5 Å². The van der Waals surface area contributed by atoms with Gasteiger partial charge in [-0.1, -0.05) is 12.1 Å². The summed E-state index contributed by atoms with van der Waals surface area (Å²) < 4.78 is 10.7. The molecule has 6 N–H and O–H groups in total. The Hall–Kier alpha value is -2.69. The van der Waals surface area contributed by atoms with E-state index >= 15 is 0 Å². The standard InChI is InChI=1S/C21H24O9/c22-10-17-18(26)19(27)20(28)21(30-17)29-13-6-7-14(16(25)9-13)15(24)8-3-11-1-4-12(23)5-2-11/h1-2,4-7,9,17-23,25-28H,3,8,10H2/t17-,18+,19-,20+,21+/m0/s1. The van der Waals surface area contributed by atoms with Crippen molar-refractivity contribution in [2.75, 3.05) is 6.61 Å². The first kappa shape index (κ1) is 22.0. The van der Waals surface area contributed by atoms with Crippen molar-refractivity contribution < 1.29 is 44.9 Å². The SMILES string of the molecule is O=C(CCc1ccc(O)cc1)c1ccc(O[C@@H]2O[C@@H](CO)[C@@H](O)[C@H](O)[C@H]2O)cc1O. The largest absolute Gasteiger partial charge is 0.508 e. The lowest BCUT2D eigenvalue weighted by molar-refractivity contribution is -0.277. The van der Waals surface area contributed by atoms with Gasteiger partial charge in [-0.2, -0.15) is 0 Å². The van der Waals surface area contributed by atoms with Gasteiger partial charge in [0.05, 0.1) is 12.2 Å². The summed E-state index contributed by atoms with van der Waals surface area (Å²) in [5.74, 6) is -0.419. The Bertz CT molecular complexity index is 865. The third kappa shape index (κ3) is 4.89. The predicted molar refractivity (Wildman–Crippen MR) is 103 cm³/mol. The number of Topliss-reactive ketones (excluding diaryl/α,β-unsaturated/α-hetero) is 1. The Labute approximate surface area is 172 Å². The number of carbonyl (C=O) groups is 1. The maximum Gasteiger partial charge on any atom is 0.229 e. The summed E-state index contributed by atoms with van der Waals surface area (Å²) in [6.45, 7) is -0.593. The van der Waals surface area contributed by atoms with Crippen LogP contribution in [0.5, 0.6) is 17.2 Å². The van der Waals surface area contributed by atoms with Crippen molar-refractivity contribution in [3.05, 3.63) is 53.6 Å². The average molecular weight is 420 g/mol. The first-order valence-corrected chi connectivity index (χ1v) is 9.41. The van der Waals surface area contributed by atoms with Crippen molar-refractivity contribution in [1.29, 1.82) is 0 Å². The lowest BCUT2D eigenvalue weighted by Crippen LogP contribution is -2.60. The van der Waals surface area contributed by atoms with Crippen molar-refractivity contribution in [3.63, 3.8) is 0 Å². The van der Waals surface area contributed by atoms with Gasteiger partial charge in [-0.25, -0.2) is 0 Å². The van der Waals surface area contributed by atoms with Crippen LogP contribution in [0.1, 0.15) is 22.3 Å². The highest BCUT2D eigenvalue weighted by atomic mass is 16.7. The summed E-state index contributed by atoms with van der Waals surface area (Å²) in [6.07, 6.45) is -6.62. The molecule has 0 aromatic heterocycles. The van der Waals surface area contributed by atoms with E-state index in [4.69, 9.17) is 9.47 Å².